The molecule has 1 rings (SSSR count). The number of ether oxygens (including phenoxy) is 2. The van der Waals surface area contributed by atoms with E-state index in [0.717, 1.165) is 12.8 Å². The van der Waals surface area contributed by atoms with Gasteiger partial charge in [0.1, 0.15) is 5.75 Å². The predicted octanol–water partition coefficient (Wildman–Crippen LogP) is 1.91. The minimum Gasteiger partial charge on any atom is -0.494 e. The van der Waals surface area contributed by atoms with Crippen LogP contribution in [0.4, 0.5) is 0 Å². The van der Waals surface area contributed by atoms with Crippen LogP contribution in [0.3, 0.4) is 0 Å². The van der Waals surface area contributed by atoms with E-state index in [2.05, 4.69) is 12.2 Å². The third-order valence-corrected chi connectivity index (χ3v) is 3.19. The topological polar surface area (TPSA) is 84.9 Å². The SMILES string of the molecule is CCCCOc1ccc(C(=O)N[C@H](C(=O)OCC)[C@H](C)O)cc1. The van der Waals surface area contributed by atoms with Crippen molar-refractivity contribution < 1.29 is 24.2 Å². The molecule has 0 aliphatic heterocycles. The van der Waals surface area contributed by atoms with E-state index in [0.29, 0.717) is 17.9 Å². The number of unbranched alkanes of at least 4 members (excludes halogenated alkanes) is 1. The van der Waals surface area contributed by atoms with Crippen molar-refractivity contribution in [3.05, 3.63) is 29.8 Å². The highest BCUT2D eigenvalue weighted by molar-refractivity contribution is 5.97. The quantitative estimate of drug-likeness (QED) is 0.535. The Bertz CT molecular complexity index is 498. The Morgan fingerprint density at radius 2 is 1.87 bits per heavy atom. The summed E-state index contributed by atoms with van der Waals surface area (Å²) in [6, 6.07) is 5.53. The van der Waals surface area contributed by atoms with E-state index in [4.69, 9.17) is 9.47 Å². The zero-order chi connectivity index (χ0) is 17.2. The zero-order valence-electron chi connectivity index (χ0n) is 13.9. The number of hydrogen-bond acceptors (Lipinski definition) is 5. The summed E-state index contributed by atoms with van der Waals surface area (Å²) in [5, 5.41) is 12.1. The van der Waals surface area contributed by atoms with E-state index < -0.39 is 24.0 Å². The van der Waals surface area contributed by atoms with E-state index in [9.17, 15) is 14.7 Å². The van der Waals surface area contributed by atoms with Crippen LogP contribution in [0.5, 0.6) is 5.75 Å². The summed E-state index contributed by atoms with van der Waals surface area (Å²) in [6.07, 6.45) is 0.974. The Kier molecular flexibility index (Phi) is 8.11. The monoisotopic (exact) mass is 323 g/mol. The summed E-state index contributed by atoms with van der Waals surface area (Å²) in [6.45, 7) is 5.98. The molecule has 1 aromatic rings. The Balaban J connectivity index is 2.66. The largest absolute Gasteiger partial charge is 0.494 e. The lowest BCUT2D eigenvalue weighted by Gasteiger charge is -2.19. The molecule has 0 saturated heterocycles. The van der Waals surface area contributed by atoms with Crippen molar-refractivity contribution in [2.75, 3.05) is 13.2 Å². The molecule has 0 radical (unpaired) electrons. The third-order valence-electron chi connectivity index (χ3n) is 3.19. The van der Waals surface area contributed by atoms with Gasteiger partial charge < -0.3 is 19.9 Å². The van der Waals surface area contributed by atoms with Crippen molar-refractivity contribution in [2.24, 2.45) is 0 Å². The average Bonchev–Trinajstić information content (AvgIpc) is 2.53. The molecule has 6 nitrogen and oxygen atoms in total. The lowest BCUT2D eigenvalue weighted by molar-refractivity contribution is -0.148. The van der Waals surface area contributed by atoms with Crippen molar-refractivity contribution in [2.45, 2.75) is 45.8 Å². The number of amides is 1. The minimum absolute atomic E-state index is 0.182. The normalized spacial score (nSPS) is 13.0. The van der Waals surface area contributed by atoms with Gasteiger partial charge in [0.05, 0.1) is 19.3 Å². The van der Waals surface area contributed by atoms with Gasteiger partial charge in [0.15, 0.2) is 6.04 Å². The molecular weight excluding hydrogens is 298 g/mol. The molecular formula is C17H25NO5. The van der Waals surface area contributed by atoms with Crippen LogP contribution in [0, 0.1) is 0 Å². The van der Waals surface area contributed by atoms with E-state index in [-0.39, 0.29) is 6.61 Å². The molecule has 0 aromatic heterocycles. The second-order valence-corrected chi connectivity index (χ2v) is 5.17. The zero-order valence-corrected chi connectivity index (χ0v) is 13.9. The summed E-state index contributed by atoms with van der Waals surface area (Å²) in [7, 11) is 0. The molecule has 2 N–H and O–H groups in total. The molecule has 23 heavy (non-hydrogen) atoms. The van der Waals surface area contributed by atoms with Crippen molar-refractivity contribution >= 4 is 11.9 Å². The summed E-state index contributed by atoms with van der Waals surface area (Å²) in [5.74, 6) is -0.424. The maximum absolute atomic E-state index is 12.2. The van der Waals surface area contributed by atoms with Crippen LogP contribution >= 0.6 is 0 Å². The van der Waals surface area contributed by atoms with Gasteiger partial charge >= 0.3 is 5.97 Å². The van der Waals surface area contributed by atoms with Gasteiger partial charge in [-0.3, -0.25) is 4.79 Å². The molecule has 0 aliphatic carbocycles. The predicted molar refractivity (Wildman–Crippen MR) is 86.4 cm³/mol. The molecule has 6 heteroatoms. The Morgan fingerprint density at radius 1 is 1.22 bits per heavy atom. The Hall–Kier alpha value is -2.08. The van der Waals surface area contributed by atoms with Gasteiger partial charge in [-0.1, -0.05) is 13.3 Å². The highest BCUT2D eigenvalue weighted by Gasteiger charge is 2.27. The molecule has 2 atom stereocenters. The van der Waals surface area contributed by atoms with Crippen LogP contribution in [0.2, 0.25) is 0 Å². The van der Waals surface area contributed by atoms with Crippen molar-refractivity contribution in [1.29, 1.82) is 0 Å². The van der Waals surface area contributed by atoms with Gasteiger partial charge in [-0.2, -0.15) is 0 Å². The average molecular weight is 323 g/mol. The summed E-state index contributed by atoms with van der Waals surface area (Å²) >= 11 is 0. The second-order valence-electron chi connectivity index (χ2n) is 5.17. The Labute approximate surface area is 136 Å². The first kappa shape index (κ1) is 19.0. The van der Waals surface area contributed by atoms with E-state index in [1.165, 1.54) is 6.92 Å². The minimum atomic E-state index is -1.09. The lowest BCUT2D eigenvalue weighted by atomic mass is 10.1. The van der Waals surface area contributed by atoms with Gasteiger partial charge in [0, 0.05) is 5.56 Å². The van der Waals surface area contributed by atoms with Crippen molar-refractivity contribution in [3.63, 3.8) is 0 Å². The van der Waals surface area contributed by atoms with E-state index >= 15 is 0 Å². The summed E-state index contributed by atoms with van der Waals surface area (Å²) in [4.78, 5) is 23.9. The van der Waals surface area contributed by atoms with Crippen molar-refractivity contribution in [1.82, 2.24) is 5.32 Å². The molecule has 128 valence electrons. The van der Waals surface area contributed by atoms with Crippen LogP contribution in [0.1, 0.15) is 44.0 Å². The number of nitrogens with one attached hydrogen (secondary N) is 1. The molecule has 0 spiro atoms. The second kappa shape index (κ2) is 9.84. The number of carbonyl (C=O) groups excluding carboxylic acids is 2. The highest BCUT2D eigenvalue weighted by Crippen LogP contribution is 2.13. The first-order chi connectivity index (χ1) is 11.0. The molecule has 0 aliphatic rings. The van der Waals surface area contributed by atoms with Gasteiger partial charge in [-0.25, -0.2) is 4.79 Å². The number of hydrogen-bond donors (Lipinski definition) is 2. The number of rotatable bonds is 9. The molecule has 0 unspecified atom stereocenters. The fraction of sp³-hybridized carbons (Fsp3) is 0.529. The van der Waals surface area contributed by atoms with E-state index in [1.54, 1.807) is 31.2 Å². The fourth-order valence-corrected chi connectivity index (χ4v) is 1.87. The van der Waals surface area contributed by atoms with E-state index in [1.807, 2.05) is 0 Å². The molecule has 0 heterocycles. The lowest BCUT2D eigenvalue weighted by Crippen LogP contribution is -2.48. The number of aliphatic hydroxyl groups excluding tert-OH is 1. The maximum Gasteiger partial charge on any atom is 0.331 e. The molecule has 1 amide bonds. The standard InChI is InChI=1S/C17H25NO5/c1-4-6-11-23-14-9-7-13(8-10-14)16(20)18-15(12(3)19)17(21)22-5-2/h7-10,12,15,19H,4-6,11H2,1-3H3,(H,18,20)/t12-,15-/m0/s1. The highest BCUT2D eigenvalue weighted by atomic mass is 16.5. The van der Waals surface area contributed by atoms with Gasteiger partial charge in [-0.15, -0.1) is 0 Å². The molecule has 0 bridgehead atoms. The number of benzene rings is 1. The number of carbonyl (C=O) groups is 2. The number of esters is 1. The fourth-order valence-electron chi connectivity index (χ4n) is 1.87. The van der Waals surface area contributed by atoms with Gasteiger partial charge in [-0.05, 0) is 44.5 Å². The van der Waals surface area contributed by atoms with Crippen molar-refractivity contribution in [3.8, 4) is 5.75 Å². The molecule has 0 fully saturated rings. The van der Waals surface area contributed by atoms with Gasteiger partial charge in [0.25, 0.3) is 5.91 Å². The smallest absolute Gasteiger partial charge is 0.331 e. The summed E-state index contributed by atoms with van der Waals surface area (Å²) in [5.41, 5.74) is 0.378. The molecule has 0 saturated carbocycles. The van der Waals surface area contributed by atoms with Crippen LogP contribution in [0.15, 0.2) is 24.3 Å². The third kappa shape index (κ3) is 6.28. The first-order valence-corrected chi connectivity index (χ1v) is 7.88. The molecule has 1 aromatic carbocycles. The van der Waals surface area contributed by atoms with Crippen LogP contribution in [0.25, 0.3) is 0 Å². The summed E-state index contributed by atoms with van der Waals surface area (Å²) < 4.78 is 10.4. The number of aliphatic hydroxyl groups is 1. The maximum atomic E-state index is 12.2. The first-order valence-electron chi connectivity index (χ1n) is 7.88. The van der Waals surface area contributed by atoms with Crippen LogP contribution in [-0.4, -0.2) is 42.3 Å². The van der Waals surface area contributed by atoms with Crippen LogP contribution < -0.4 is 10.1 Å². The van der Waals surface area contributed by atoms with Gasteiger partial charge in [0.2, 0.25) is 0 Å². The van der Waals surface area contributed by atoms with Crippen LogP contribution in [-0.2, 0) is 9.53 Å². The Morgan fingerprint density at radius 3 is 2.39 bits per heavy atom.